The van der Waals surface area contributed by atoms with Crippen molar-refractivity contribution in [3.8, 4) is 5.75 Å². The molecule has 1 saturated heterocycles. The standard InChI is InChI=1S/C17H24N4O5/c1-11(2)18-17(23)20-8-4-5-12(10-20)16(22)19-14-9-13(21(24)25)6-7-15(14)26-3/h6-7,9,11-12H,4-5,8,10H2,1-3H3,(H,18,23)(H,19,22)/t12-/m0/s1. The summed E-state index contributed by atoms with van der Waals surface area (Å²) in [6.07, 6.45) is 1.37. The molecule has 0 bridgehead atoms. The van der Waals surface area contributed by atoms with Crippen molar-refractivity contribution in [1.82, 2.24) is 10.2 Å². The summed E-state index contributed by atoms with van der Waals surface area (Å²) in [7, 11) is 1.43. The highest BCUT2D eigenvalue weighted by molar-refractivity contribution is 5.95. The maximum absolute atomic E-state index is 12.6. The molecule has 1 heterocycles. The molecule has 1 aromatic carbocycles. The van der Waals surface area contributed by atoms with Gasteiger partial charge < -0.3 is 20.3 Å². The molecule has 0 radical (unpaired) electrons. The number of hydrogen-bond acceptors (Lipinski definition) is 5. The summed E-state index contributed by atoms with van der Waals surface area (Å²) in [5.41, 5.74) is 0.109. The molecule has 3 amide bonds. The highest BCUT2D eigenvalue weighted by Crippen LogP contribution is 2.30. The van der Waals surface area contributed by atoms with E-state index in [1.807, 2.05) is 13.8 Å². The van der Waals surface area contributed by atoms with E-state index in [9.17, 15) is 19.7 Å². The molecule has 0 aliphatic carbocycles. The van der Waals surface area contributed by atoms with Crippen LogP contribution in [0.1, 0.15) is 26.7 Å². The molecule has 9 nitrogen and oxygen atoms in total. The summed E-state index contributed by atoms with van der Waals surface area (Å²) in [5, 5.41) is 16.5. The second kappa shape index (κ2) is 8.50. The zero-order chi connectivity index (χ0) is 19.3. The number of nitrogens with one attached hydrogen (secondary N) is 2. The number of nitrogens with zero attached hydrogens (tertiary/aromatic N) is 2. The molecule has 2 N–H and O–H groups in total. The topological polar surface area (TPSA) is 114 Å². The Morgan fingerprint density at radius 2 is 2.12 bits per heavy atom. The van der Waals surface area contributed by atoms with E-state index in [1.165, 1.54) is 25.3 Å². The summed E-state index contributed by atoms with van der Waals surface area (Å²) in [4.78, 5) is 36.8. The molecular weight excluding hydrogens is 340 g/mol. The number of amides is 3. The van der Waals surface area contributed by atoms with Crippen molar-refractivity contribution in [1.29, 1.82) is 0 Å². The van der Waals surface area contributed by atoms with Gasteiger partial charge in [-0.3, -0.25) is 14.9 Å². The molecule has 0 saturated carbocycles. The van der Waals surface area contributed by atoms with Crippen molar-refractivity contribution in [2.75, 3.05) is 25.5 Å². The Labute approximate surface area is 151 Å². The van der Waals surface area contributed by atoms with Crippen LogP contribution in [0.2, 0.25) is 0 Å². The molecule has 0 spiro atoms. The molecule has 26 heavy (non-hydrogen) atoms. The first-order chi connectivity index (χ1) is 12.3. The van der Waals surface area contributed by atoms with Gasteiger partial charge in [-0.1, -0.05) is 0 Å². The number of ether oxygens (including phenoxy) is 1. The normalized spacial score (nSPS) is 16.9. The van der Waals surface area contributed by atoms with Crippen LogP contribution in [0.4, 0.5) is 16.2 Å². The summed E-state index contributed by atoms with van der Waals surface area (Å²) in [5.74, 6) is -0.328. The number of urea groups is 1. The maximum Gasteiger partial charge on any atom is 0.317 e. The number of benzene rings is 1. The van der Waals surface area contributed by atoms with Gasteiger partial charge in [0.1, 0.15) is 5.75 Å². The fraction of sp³-hybridized carbons (Fsp3) is 0.529. The first-order valence-corrected chi connectivity index (χ1v) is 8.50. The van der Waals surface area contributed by atoms with Gasteiger partial charge in [0.15, 0.2) is 0 Å². The van der Waals surface area contributed by atoms with Crippen molar-refractivity contribution in [2.45, 2.75) is 32.7 Å². The summed E-state index contributed by atoms with van der Waals surface area (Å²) < 4.78 is 5.16. The number of carbonyl (C=O) groups excluding carboxylic acids is 2. The Bertz CT molecular complexity index is 692. The number of nitro benzene ring substituents is 1. The lowest BCUT2D eigenvalue weighted by Crippen LogP contribution is -2.49. The fourth-order valence-corrected chi connectivity index (χ4v) is 2.86. The van der Waals surface area contributed by atoms with Crippen LogP contribution in [-0.2, 0) is 4.79 Å². The fourth-order valence-electron chi connectivity index (χ4n) is 2.86. The van der Waals surface area contributed by atoms with E-state index < -0.39 is 4.92 Å². The van der Waals surface area contributed by atoms with Gasteiger partial charge in [-0.25, -0.2) is 4.79 Å². The van der Waals surface area contributed by atoms with E-state index in [1.54, 1.807) is 4.90 Å². The van der Waals surface area contributed by atoms with E-state index in [4.69, 9.17) is 4.74 Å². The van der Waals surface area contributed by atoms with Crippen LogP contribution >= 0.6 is 0 Å². The van der Waals surface area contributed by atoms with Crippen LogP contribution in [0.5, 0.6) is 5.75 Å². The molecule has 9 heteroatoms. The lowest BCUT2D eigenvalue weighted by atomic mass is 9.97. The first kappa shape index (κ1) is 19.5. The molecule has 1 fully saturated rings. The molecular formula is C17H24N4O5. The number of anilines is 1. The van der Waals surface area contributed by atoms with Crippen molar-refractivity contribution in [3.63, 3.8) is 0 Å². The van der Waals surface area contributed by atoms with Gasteiger partial charge in [-0.15, -0.1) is 0 Å². The lowest BCUT2D eigenvalue weighted by molar-refractivity contribution is -0.384. The van der Waals surface area contributed by atoms with Crippen LogP contribution < -0.4 is 15.4 Å². The molecule has 142 valence electrons. The predicted molar refractivity (Wildman–Crippen MR) is 96.2 cm³/mol. The number of rotatable bonds is 5. The number of carbonyl (C=O) groups is 2. The Kier molecular flexibility index (Phi) is 6.37. The minimum Gasteiger partial charge on any atom is -0.495 e. The van der Waals surface area contributed by atoms with Crippen molar-refractivity contribution >= 4 is 23.3 Å². The van der Waals surface area contributed by atoms with Crippen LogP contribution in [0.15, 0.2) is 18.2 Å². The van der Waals surface area contributed by atoms with Gasteiger partial charge in [-0.2, -0.15) is 0 Å². The van der Waals surface area contributed by atoms with Gasteiger partial charge >= 0.3 is 6.03 Å². The SMILES string of the molecule is COc1ccc([N+](=O)[O-])cc1NC(=O)[C@H]1CCCN(C(=O)NC(C)C)C1. The van der Waals surface area contributed by atoms with Crippen molar-refractivity contribution < 1.29 is 19.2 Å². The van der Waals surface area contributed by atoms with Gasteiger partial charge in [-0.05, 0) is 32.8 Å². The third-order valence-corrected chi connectivity index (χ3v) is 4.14. The third kappa shape index (κ3) is 4.84. The number of likely N-dealkylation sites (tertiary alicyclic amines) is 1. The molecule has 0 unspecified atom stereocenters. The zero-order valence-corrected chi connectivity index (χ0v) is 15.2. The summed E-state index contributed by atoms with van der Waals surface area (Å²) in [6, 6.07) is 3.85. The Morgan fingerprint density at radius 3 is 2.73 bits per heavy atom. The number of hydrogen-bond donors (Lipinski definition) is 2. The second-order valence-corrected chi connectivity index (χ2v) is 6.52. The monoisotopic (exact) mass is 364 g/mol. The smallest absolute Gasteiger partial charge is 0.317 e. The first-order valence-electron chi connectivity index (χ1n) is 8.50. The zero-order valence-electron chi connectivity index (χ0n) is 15.2. The molecule has 0 aromatic heterocycles. The number of non-ortho nitro benzene ring substituents is 1. The van der Waals surface area contributed by atoms with Crippen LogP contribution in [0, 0.1) is 16.0 Å². The van der Waals surface area contributed by atoms with Crippen molar-refractivity contribution in [3.05, 3.63) is 28.3 Å². The van der Waals surface area contributed by atoms with Gasteiger partial charge in [0.05, 0.1) is 23.6 Å². The second-order valence-electron chi connectivity index (χ2n) is 6.52. The Morgan fingerprint density at radius 1 is 1.38 bits per heavy atom. The maximum atomic E-state index is 12.6. The average molecular weight is 364 g/mol. The lowest BCUT2D eigenvalue weighted by Gasteiger charge is -2.32. The van der Waals surface area contributed by atoms with Gasteiger partial charge in [0.2, 0.25) is 5.91 Å². The van der Waals surface area contributed by atoms with Gasteiger partial charge in [0, 0.05) is 31.3 Å². The van der Waals surface area contributed by atoms with E-state index in [0.29, 0.717) is 25.3 Å². The van der Waals surface area contributed by atoms with E-state index >= 15 is 0 Å². The molecule has 2 rings (SSSR count). The quantitative estimate of drug-likeness (QED) is 0.615. The van der Waals surface area contributed by atoms with Gasteiger partial charge in [0.25, 0.3) is 5.69 Å². The number of methoxy groups -OCH3 is 1. The average Bonchev–Trinajstić information content (AvgIpc) is 2.61. The number of piperidine rings is 1. The van der Waals surface area contributed by atoms with Crippen LogP contribution in [0.25, 0.3) is 0 Å². The van der Waals surface area contributed by atoms with Crippen LogP contribution in [0.3, 0.4) is 0 Å². The molecule has 1 aromatic rings. The largest absolute Gasteiger partial charge is 0.495 e. The van der Waals surface area contributed by atoms with Crippen LogP contribution in [-0.4, -0.2) is 48.0 Å². The van der Waals surface area contributed by atoms with E-state index in [-0.39, 0.29) is 35.3 Å². The third-order valence-electron chi connectivity index (χ3n) is 4.14. The number of nitro groups is 1. The van der Waals surface area contributed by atoms with E-state index in [0.717, 1.165) is 6.42 Å². The highest BCUT2D eigenvalue weighted by atomic mass is 16.6. The van der Waals surface area contributed by atoms with Crippen molar-refractivity contribution in [2.24, 2.45) is 5.92 Å². The molecule has 1 aliphatic rings. The predicted octanol–water partition coefficient (Wildman–Crippen LogP) is 2.37. The molecule has 1 atom stereocenters. The Balaban J connectivity index is 2.08. The minimum absolute atomic E-state index is 0.0193. The highest BCUT2D eigenvalue weighted by Gasteiger charge is 2.29. The Hall–Kier alpha value is -2.84. The molecule has 1 aliphatic heterocycles. The summed E-state index contributed by atoms with van der Waals surface area (Å²) in [6.45, 7) is 4.66. The summed E-state index contributed by atoms with van der Waals surface area (Å²) >= 11 is 0. The minimum atomic E-state index is -0.534. The van der Waals surface area contributed by atoms with E-state index in [2.05, 4.69) is 10.6 Å².